The Morgan fingerprint density at radius 3 is 2.17 bits per heavy atom. The zero-order valence-electron chi connectivity index (χ0n) is 15.0. The fraction of sp³-hybridized carbons (Fsp3) is 0.400. The molecule has 0 aliphatic heterocycles. The predicted octanol–water partition coefficient (Wildman–Crippen LogP) is 5.02. The molecule has 3 heteroatoms. The van der Waals surface area contributed by atoms with Crippen molar-refractivity contribution in [3.05, 3.63) is 52.6 Å². The molecule has 0 saturated heterocycles. The maximum atomic E-state index is 5.84. The largest absolute Gasteiger partial charge is 0.493 e. The number of hydrogen-bond acceptors (Lipinski definition) is 3. The molecule has 1 N–H and O–H groups in total. The van der Waals surface area contributed by atoms with Gasteiger partial charge in [0, 0.05) is 12.2 Å². The Hall–Kier alpha value is -2.16. The Balaban J connectivity index is 2.18. The lowest BCUT2D eigenvalue weighted by Gasteiger charge is -2.17. The molecule has 0 heterocycles. The second-order valence-corrected chi connectivity index (χ2v) is 6.28. The molecule has 3 nitrogen and oxygen atoms in total. The molecule has 0 spiro atoms. The molecule has 0 unspecified atom stereocenters. The summed E-state index contributed by atoms with van der Waals surface area (Å²) >= 11 is 0. The summed E-state index contributed by atoms with van der Waals surface area (Å²) in [4.78, 5) is 0. The van der Waals surface area contributed by atoms with E-state index >= 15 is 0 Å². The third-order valence-electron chi connectivity index (χ3n) is 3.74. The molecular formula is C20H27NO2. The van der Waals surface area contributed by atoms with Crippen LogP contribution in [0.2, 0.25) is 0 Å². The predicted molar refractivity (Wildman–Crippen MR) is 96.7 cm³/mol. The number of hydrogen-bond donors (Lipinski definition) is 1. The summed E-state index contributed by atoms with van der Waals surface area (Å²) in [5.74, 6) is 1.56. The van der Waals surface area contributed by atoms with Crippen LogP contribution in [0.15, 0.2) is 30.3 Å². The lowest BCUT2D eigenvalue weighted by atomic mass is 10.0. The fourth-order valence-corrected chi connectivity index (χ4v) is 2.83. The second-order valence-electron chi connectivity index (χ2n) is 6.28. The van der Waals surface area contributed by atoms with Gasteiger partial charge >= 0.3 is 0 Å². The van der Waals surface area contributed by atoms with Gasteiger partial charge in [0.2, 0.25) is 0 Å². The lowest BCUT2D eigenvalue weighted by Crippen LogP contribution is -2.08. The number of anilines is 1. The molecule has 0 bridgehead atoms. The number of benzene rings is 2. The van der Waals surface area contributed by atoms with E-state index in [1.807, 2.05) is 26.0 Å². The van der Waals surface area contributed by atoms with Crippen LogP contribution in [0.25, 0.3) is 0 Å². The van der Waals surface area contributed by atoms with Crippen molar-refractivity contribution in [3.63, 3.8) is 0 Å². The molecule has 0 radical (unpaired) electrons. The lowest BCUT2D eigenvalue weighted by molar-refractivity contribution is 0.230. The van der Waals surface area contributed by atoms with Crippen LogP contribution in [0.5, 0.6) is 11.5 Å². The SMILES string of the molecule is COc1ccc(CNc2c(C)cc(C)cc2C)cc1OC(C)C. The Labute approximate surface area is 139 Å². The van der Waals surface area contributed by atoms with Crippen LogP contribution >= 0.6 is 0 Å². The summed E-state index contributed by atoms with van der Waals surface area (Å²) in [6.07, 6.45) is 0.119. The van der Waals surface area contributed by atoms with E-state index in [1.165, 1.54) is 27.9 Å². The molecule has 0 atom stereocenters. The van der Waals surface area contributed by atoms with Crippen LogP contribution in [0.3, 0.4) is 0 Å². The minimum Gasteiger partial charge on any atom is -0.493 e. The zero-order valence-corrected chi connectivity index (χ0v) is 15.0. The topological polar surface area (TPSA) is 30.5 Å². The second kappa shape index (κ2) is 7.40. The fourth-order valence-electron chi connectivity index (χ4n) is 2.83. The van der Waals surface area contributed by atoms with E-state index in [4.69, 9.17) is 9.47 Å². The molecule has 0 aromatic heterocycles. The summed E-state index contributed by atoms with van der Waals surface area (Å²) in [7, 11) is 1.67. The summed E-state index contributed by atoms with van der Waals surface area (Å²) in [6, 6.07) is 10.5. The van der Waals surface area contributed by atoms with E-state index in [9.17, 15) is 0 Å². The molecule has 2 aromatic carbocycles. The van der Waals surface area contributed by atoms with Crippen molar-refractivity contribution in [1.82, 2.24) is 0 Å². The van der Waals surface area contributed by atoms with Crippen molar-refractivity contribution in [2.24, 2.45) is 0 Å². The minimum absolute atomic E-state index is 0.119. The molecule has 0 aliphatic carbocycles. The molecule has 0 fully saturated rings. The van der Waals surface area contributed by atoms with Crippen molar-refractivity contribution in [2.45, 2.75) is 47.3 Å². The van der Waals surface area contributed by atoms with Crippen molar-refractivity contribution in [2.75, 3.05) is 12.4 Å². The van der Waals surface area contributed by atoms with E-state index in [2.05, 4.69) is 44.3 Å². The van der Waals surface area contributed by atoms with Crippen LogP contribution in [-0.4, -0.2) is 13.2 Å². The van der Waals surface area contributed by atoms with E-state index in [1.54, 1.807) is 7.11 Å². The van der Waals surface area contributed by atoms with Gasteiger partial charge in [-0.25, -0.2) is 0 Å². The van der Waals surface area contributed by atoms with Crippen LogP contribution < -0.4 is 14.8 Å². The van der Waals surface area contributed by atoms with Crippen molar-refractivity contribution >= 4 is 5.69 Å². The van der Waals surface area contributed by atoms with Gasteiger partial charge in [-0.15, -0.1) is 0 Å². The molecule has 2 rings (SSSR count). The third kappa shape index (κ3) is 4.41. The highest BCUT2D eigenvalue weighted by Gasteiger charge is 2.09. The first-order valence-corrected chi connectivity index (χ1v) is 8.06. The summed E-state index contributed by atoms with van der Waals surface area (Å²) in [6.45, 7) is 11.2. The molecule has 2 aromatic rings. The van der Waals surface area contributed by atoms with E-state index in [0.717, 1.165) is 18.0 Å². The Bertz CT molecular complexity index is 654. The Kier molecular flexibility index (Phi) is 5.54. The highest BCUT2D eigenvalue weighted by atomic mass is 16.5. The van der Waals surface area contributed by atoms with Gasteiger partial charge in [0.1, 0.15) is 0 Å². The van der Waals surface area contributed by atoms with E-state index in [0.29, 0.717) is 0 Å². The molecule has 124 valence electrons. The minimum atomic E-state index is 0.119. The molecule has 0 aliphatic rings. The van der Waals surface area contributed by atoms with Crippen LogP contribution in [0, 0.1) is 20.8 Å². The smallest absolute Gasteiger partial charge is 0.161 e. The van der Waals surface area contributed by atoms with Gasteiger partial charge in [-0.05, 0) is 63.4 Å². The first-order chi connectivity index (χ1) is 10.9. The molecular weight excluding hydrogens is 286 g/mol. The number of aryl methyl sites for hydroxylation is 3. The highest BCUT2D eigenvalue weighted by Crippen LogP contribution is 2.30. The van der Waals surface area contributed by atoms with Gasteiger partial charge in [-0.1, -0.05) is 23.8 Å². The van der Waals surface area contributed by atoms with Crippen molar-refractivity contribution in [3.8, 4) is 11.5 Å². The average molecular weight is 313 g/mol. The van der Waals surface area contributed by atoms with E-state index in [-0.39, 0.29) is 6.10 Å². The van der Waals surface area contributed by atoms with Gasteiger partial charge in [0.05, 0.1) is 13.2 Å². The summed E-state index contributed by atoms with van der Waals surface area (Å²) in [5.41, 5.74) is 6.21. The summed E-state index contributed by atoms with van der Waals surface area (Å²) < 4.78 is 11.2. The van der Waals surface area contributed by atoms with Crippen molar-refractivity contribution < 1.29 is 9.47 Å². The van der Waals surface area contributed by atoms with Crippen LogP contribution in [0.4, 0.5) is 5.69 Å². The number of methoxy groups -OCH3 is 1. The van der Waals surface area contributed by atoms with Gasteiger partial charge in [-0.3, -0.25) is 0 Å². The highest BCUT2D eigenvalue weighted by molar-refractivity contribution is 5.58. The molecule has 23 heavy (non-hydrogen) atoms. The Morgan fingerprint density at radius 2 is 1.61 bits per heavy atom. The monoisotopic (exact) mass is 313 g/mol. The quantitative estimate of drug-likeness (QED) is 0.812. The van der Waals surface area contributed by atoms with Gasteiger partial charge in [-0.2, -0.15) is 0 Å². The summed E-state index contributed by atoms with van der Waals surface area (Å²) in [5, 5.41) is 3.55. The Morgan fingerprint density at radius 1 is 0.957 bits per heavy atom. The van der Waals surface area contributed by atoms with E-state index < -0.39 is 0 Å². The van der Waals surface area contributed by atoms with Crippen molar-refractivity contribution in [1.29, 1.82) is 0 Å². The normalized spacial score (nSPS) is 10.7. The van der Waals surface area contributed by atoms with Gasteiger partial charge < -0.3 is 14.8 Å². The van der Waals surface area contributed by atoms with Gasteiger partial charge in [0.25, 0.3) is 0 Å². The molecule has 0 amide bonds. The standard InChI is InChI=1S/C20H27NO2/c1-13(2)23-19-11-17(7-8-18(19)22-6)12-21-20-15(4)9-14(3)10-16(20)5/h7-11,13,21H,12H2,1-6H3. The maximum absolute atomic E-state index is 5.84. The average Bonchev–Trinajstić information content (AvgIpc) is 2.45. The van der Waals surface area contributed by atoms with Crippen LogP contribution in [0.1, 0.15) is 36.1 Å². The third-order valence-corrected chi connectivity index (χ3v) is 3.74. The zero-order chi connectivity index (χ0) is 17.0. The van der Waals surface area contributed by atoms with Crippen LogP contribution in [-0.2, 0) is 6.54 Å². The molecule has 0 saturated carbocycles. The number of ether oxygens (including phenoxy) is 2. The number of rotatable bonds is 6. The maximum Gasteiger partial charge on any atom is 0.161 e. The van der Waals surface area contributed by atoms with Gasteiger partial charge in [0.15, 0.2) is 11.5 Å². The first-order valence-electron chi connectivity index (χ1n) is 8.06. The number of nitrogens with one attached hydrogen (secondary N) is 1. The first kappa shape index (κ1) is 17.2.